The van der Waals surface area contributed by atoms with E-state index in [0.717, 1.165) is 24.5 Å². The molecule has 3 heterocycles. The van der Waals surface area contributed by atoms with Crippen molar-refractivity contribution in [1.82, 2.24) is 20.0 Å². The van der Waals surface area contributed by atoms with Gasteiger partial charge in [-0.25, -0.2) is 9.79 Å². The first-order chi connectivity index (χ1) is 13.4. The van der Waals surface area contributed by atoms with Crippen LogP contribution in [0.5, 0.6) is 0 Å². The van der Waals surface area contributed by atoms with Crippen molar-refractivity contribution in [2.75, 3.05) is 39.9 Å². The number of ether oxygens (including phenoxy) is 1. The summed E-state index contributed by atoms with van der Waals surface area (Å²) in [5, 5.41) is 3.35. The van der Waals surface area contributed by atoms with E-state index < -0.39 is 18.2 Å². The van der Waals surface area contributed by atoms with Crippen LogP contribution < -0.4 is 5.32 Å². The summed E-state index contributed by atoms with van der Waals surface area (Å²) < 4.78 is 5.41. The topological polar surface area (TPSA) is 77.5 Å². The standard InChI is InChI=1S/C18H21Cl2N5O3/c1-23-16-15(17(26)22-18(23)27)25(9-11-2-3-12(19)13(20)8-11)14(21-16)10-24-4-6-28-7-5-24/h2-3,8,15-16H,4-7,9-10H2,1H3,(H,22,26,27). The number of amidine groups is 1. The fourth-order valence-electron chi connectivity index (χ4n) is 3.70. The predicted octanol–water partition coefficient (Wildman–Crippen LogP) is 1.42. The molecule has 1 aromatic rings. The minimum absolute atomic E-state index is 0.339. The molecule has 0 spiro atoms. The Morgan fingerprint density at radius 3 is 2.64 bits per heavy atom. The van der Waals surface area contributed by atoms with Crippen molar-refractivity contribution in [3.05, 3.63) is 33.8 Å². The lowest BCUT2D eigenvalue weighted by Crippen LogP contribution is -2.63. The highest BCUT2D eigenvalue weighted by atomic mass is 35.5. The molecule has 0 aromatic heterocycles. The van der Waals surface area contributed by atoms with Crippen molar-refractivity contribution in [3.63, 3.8) is 0 Å². The Balaban J connectivity index is 1.62. The molecule has 0 bridgehead atoms. The molecular formula is C18H21Cl2N5O3. The highest BCUT2D eigenvalue weighted by Gasteiger charge is 2.48. The third-order valence-electron chi connectivity index (χ3n) is 5.25. The lowest BCUT2D eigenvalue weighted by molar-refractivity contribution is -0.127. The summed E-state index contributed by atoms with van der Waals surface area (Å²) in [6.07, 6.45) is -0.542. The van der Waals surface area contributed by atoms with E-state index in [-0.39, 0.29) is 5.91 Å². The van der Waals surface area contributed by atoms with Gasteiger partial charge >= 0.3 is 6.03 Å². The number of hydrogen-bond acceptors (Lipinski definition) is 6. The number of urea groups is 1. The molecule has 0 radical (unpaired) electrons. The summed E-state index contributed by atoms with van der Waals surface area (Å²) in [7, 11) is 1.65. The summed E-state index contributed by atoms with van der Waals surface area (Å²) in [5.74, 6) is 0.438. The van der Waals surface area contributed by atoms with Crippen LogP contribution in [0.3, 0.4) is 0 Å². The van der Waals surface area contributed by atoms with Crippen LogP contribution in [0.25, 0.3) is 0 Å². The highest BCUT2D eigenvalue weighted by Crippen LogP contribution is 2.28. The van der Waals surface area contributed by atoms with E-state index in [9.17, 15) is 9.59 Å². The first-order valence-corrected chi connectivity index (χ1v) is 9.84. The fraction of sp³-hybridized carbons (Fsp3) is 0.500. The normalized spacial score (nSPS) is 25.6. The van der Waals surface area contributed by atoms with Gasteiger partial charge in [-0.15, -0.1) is 0 Å². The Labute approximate surface area is 173 Å². The second-order valence-electron chi connectivity index (χ2n) is 7.07. The fourth-order valence-corrected chi connectivity index (χ4v) is 4.02. The monoisotopic (exact) mass is 425 g/mol. The van der Waals surface area contributed by atoms with Gasteiger partial charge in [0.25, 0.3) is 5.91 Å². The molecular weight excluding hydrogens is 405 g/mol. The first-order valence-electron chi connectivity index (χ1n) is 9.09. The number of aliphatic imine (C=N–C) groups is 1. The second kappa shape index (κ2) is 7.87. The van der Waals surface area contributed by atoms with Gasteiger partial charge in [-0.2, -0.15) is 0 Å². The number of carbonyl (C=O) groups is 2. The molecule has 2 fully saturated rings. The SMILES string of the molecule is CN1C(=O)NC(=O)C2C1N=C(CN1CCOCC1)N2Cc1ccc(Cl)c(Cl)c1. The zero-order valence-electron chi connectivity index (χ0n) is 15.4. The number of carbonyl (C=O) groups excluding carboxylic acids is 2. The van der Waals surface area contributed by atoms with Gasteiger partial charge in [0.1, 0.15) is 5.84 Å². The molecule has 1 N–H and O–H groups in total. The molecule has 3 amide bonds. The average Bonchev–Trinajstić information content (AvgIpc) is 3.02. The summed E-state index contributed by atoms with van der Waals surface area (Å²) in [6, 6.07) is 4.40. The molecule has 1 aromatic carbocycles. The summed E-state index contributed by atoms with van der Waals surface area (Å²) in [5.41, 5.74) is 0.914. The second-order valence-corrected chi connectivity index (χ2v) is 7.89. The molecule has 0 saturated carbocycles. The minimum Gasteiger partial charge on any atom is -0.379 e. The van der Waals surface area contributed by atoms with Crippen molar-refractivity contribution in [1.29, 1.82) is 0 Å². The Morgan fingerprint density at radius 2 is 1.93 bits per heavy atom. The maximum atomic E-state index is 12.6. The number of amides is 3. The van der Waals surface area contributed by atoms with Gasteiger partial charge in [-0.05, 0) is 17.7 Å². The molecule has 2 unspecified atom stereocenters. The number of rotatable bonds is 4. The number of benzene rings is 1. The van der Waals surface area contributed by atoms with Crippen LogP contribution in [0.2, 0.25) is 10.0 Å². The van der Waals surface area contributed by atoms with Gasteiger partial charge in [0.05, 0.1) is 29.8 Å². The number of nitrogens with zero attached hydrogens (tertiary/aromatic N) is 4. The number of morpholine rings is 1. The average molecular weight is 426 g/mol. The van der Waals surface area contributed by atoms with E-state index in [4.69, 9.17) is 32.9 Å². The molecule has 3 aliphatic heterocycles. The van der Waals surface area contributed by atoms with Crippen LogP contribution in [0.1, 0.15) is 5.56 Å². The van der Waals surface area contributed by atoms with E-state index in [1.807, 2.05) is 11.0 Å². The van der Waals surface area contributed by atoms with Crippen molar-refractivity contribution in [2.24, 2.45) is 4.99 Å². The van der Waals surface area contributed by atoms with E-state index in [0.29, 0.717) is 36.3 Å². The van der Waals surface area contributed by atoms with Crippen LogP contribution in [0, 0.1) is 0 Å². The number of likely N-dealkylation sites (N-methyl/N-ethyl adjacent to an activating group) is 1. The lowest BCUT2D eigenvalue weighted by Gasteiger charge is -2.37. The Bertz CT molecular complexity index is 827. The third kappa shape index (κ3) is 3.69. The zero-order valence-corrected chi connectivity index (χ0v) is 16.9. The maximum absolute atomic E-state index is 12.6. The third-order valence-corrected chi connectivity index (χ3v) is 5.99. The van der Waals surface area contributed by atoms with E-state index in [1.54, 1.807) is 19.2 Å². The van der Waals surface area contributed by atoms with E-state index >= 15 is 0 Å². The Hall–Kier alpha value is -1.87. The molecule has 150 valence electrons. The van der Waals surface area contributed by atoms with Crippen molar-refractivity contribution < 1.29 is 14.3 Å². The predicted molar refractivity (Wildman–Crippen MR) is 106 cm³/mol. The zero-order chi connectivity index (χ0) is 19.8. The van der Waals surface area contributed by atoms with Gasteiger partial charge in [-0.1, -0.05) is 29.3 Å². The number of fused-ring (bicyclic) bond motifs is 1. The molecule has 0 aliphatic carbocycles. The van der Waals surface area contributed by atoms with Crippen LogP contribution in [-0.4, -0.2) is 84.6 Å². The van der Waals surface area contributed by atoms with Crippen LogP contribution in [0.4, 0.5) is 4.79 Å². The van der Waals surface area contributed by atoms with Crippen molar-refractivity contribution in [3.8, 4) is 0 Å². The maximum Gasteiger partial charge on any atom is 0.325 e. The van der Waals surface area contributed by atoms with Crippen LogP contribution >= 0.6 is 23.2 Å². The van der Waals surface area contributed by atoms with Crippen molar-refractivity contribution >= 4 is 41.0 Å². The summed E-state index contributed by atoms with van der Waals surface area (Å²) in [6.45, 7) is 3.98. The van der Waals surface area contributed by atoms with E-state index in [2.05, 4.69) is 10.2 Å². The smallest absolute Gasteiger partial charge is 0.325 e. The number of nitrogens with one attached hydrogen (secondary N) is 1. The molecule has 2 atom stereocenters. The van der Waals surface area contributed by atoms with Crippen LogP contribution in [0.15, 0.2) is 23.2 Å². The lowest BCUT2D eigenvalue weighted by atomic mass is 10.1. The molecule has 8 nitrogen and oxygen atoms in total. The van der Waals surface area contributed by atoms with Gasteiger partial charge in [0.15, 0.2) is 12.2 Å². The number of halogens is 2. The van der Waals surface area contributed by atoms with Crippen molar-refractivity contribution in [2.45, 2.75) is 18.8 Å². The Kier molecular flexibility index (Phi) is 5.46. The summed E-state index contributed by atoms with van der Waals surface area (Å²) in [4.78, 5) is 35.1. The van der Waals surface area contributed by atoms with Gasteiger partial charge in [-0.3, -0.25) is 15.0 Å². The molecule has 2 saturated heterocycles. The minimum atomic E-state index is -0.576. The first kappa shape index (κ1) is 19.4. The highest BCUT2D eigenvalue weighted by molar-refractivity contribution is 6.42. The number of imide groups is 1. The molecule has 4 rings (SSSR count). The van der Waals surface area contributed by atoms with Crippen LogP contribution in [-0.2, 0) is 16.1 Å². The molecule has 28 heavy (non-hydrogen) atoms. The van der Waals surface area contributed by atoms with Gasteiger partial charge in [0.2, 0.25) is 0 Å². The summed E-state index contributed by atoms with van der Waals surface area (Å²) >= 11 is 12.2. The van der Waals surface area contributed by atoms with E-state index in [1.165, 1.54) is 4.90 Å². The Morgan fingerprint density at radius 1 is 1.18 bits per heavy atom. The van der Waals surface area contributed by atoms with Gasteiger partial charge < -0.3 is 14.5 Å². The van der Waals surface area contributed by atoms with Gasteiger partial charge in [0, 0.05) is 26.7 Å². The molecule has 3 aliphatic rings. The molecule has 10 heteroatoms. The quantitative estimate of drug-likeness (QED) is 0.788. The number of hydrogen-bond donors (Lipinski definition) is 1. The largest absolute Gasteiger partial charge is 0.379 e.